The van der Waals surface area contributed by atoms with Crippen LogP contribution in [0.2, 0.25) is 0 Å². The van der Waals surface area contributed by atoms with Crippen molar-refractivity contribution in [3.8, 4) is 11.5 Å². The van der Waals surface area contributed by atoms with Crippen LogP contribution in [0.4, 0.5) is 0 Å². The van der Waals surface area contributed by atoms with Gasteiger partial charge < -0.3 is 14.8 Å². The van der Waals surface area contributed by atoms with Crippen LogP contribution < -0.4 is 14.8 Å². The average molecular weight is 377 g/mol. The van der Waals surface area contributed by atoms with Crippen molar-refractivity contribution in [1.29, 1.82) is 0 Å². The molecule has 1 N–H and O–H groups in total. The summed E-state index contributed by atoms with van der Waals surface area (Å²) in [5.41, 5.74) is 1.20. The average Bonchev–Trinajstić information content (AvgIpc) is 2.96. The standard InChI is InChI=1S/C16H22BrNO2.ClH/c1-3-8-20-16-14(17)9-12(10-15(16)19-2)11-18-13-6-4-5-7-13;/h3,9-10,13,18H,1,4-8,11H2,2H3;1H. The predicted octanol–water partition coefficient (Wildman–Crippen LogP) is 4.48. The van der Waals surface area contributed by atoms with Crippen molar-refractivity contribution in [2.75, 3.05) is 13.7 Å². The molecule has 0 amide bonds. The Balaban J connectivity index is 0.00000220. The fourth-order valence-electron chi connectivity index (χ4n) is 2.55. The summed E-state index contributed by atoms with van der Waals surface area (Å²) in [6.45, 7) is 4.99. The third-order valence-electron chi connectivity index (χ3n) is 3.58. The SMILES string of the molecule is C=CCOc1c(Br)cc(CNC2CCCC2)cc1OC.Cl. The number of hydrogen-bond acceptors (Lipinski definition) is 3. The van der Waals surface area contributed by atoms with Crippen LogP contribution in [0.5, 0.6) is 11.5 Å². The second-order valence-corrected chi connectivity index (χ2v) is 5.93. The van der Waals surface area contributed by atoms with E-state index < -0.39 is 0 Å². The Morgan fingerprint density at radius 1 is 1.38 bits per heavy atom. The molecule has 1 aliphatic rings. The van der Waals surface area contributed by atoms with E-state index in [1.807, 2.05) is 6.07 Å². The van der Waals surface area contributed by atoms with Crippen LogP contribution in [0.3, 0.4) is 0 Å². The second-order valence-electron chi connectivity index (χ2n) is 5.07. The van der Waals surface area contributed by atoms with Gasteiger partial charge in [0.15, 0.2) is 11.5 Å². The molecule has 118 valence electrons. The zero-order valence-corrected chi connectivity index (χ0v) is 14.8. The number of rotatable bonds is 7. The monoisotopic (exact) mass is 375 g/mol. The first-order valence-electron chi connectivity index (χ1n) is 7.08. The van der Waals surface area contributed by atoms with E-state index >= 15 is 0 Å². The number of halogens is 2. The molecule has 1 fully saturated rings. The van der Waals surface area contributed by atoms with Gasteiger partial charge in [-0.25, -0.2) is 0 Å². The van der Waals surface area contributed by atoms with Crippen molar-refractivity contribution in [2.24, 2.45) is 0 Å². The number of methoxy groups -OCH3 is 1. The first-order chi connectivity index (χ1) is 9.74. The summed E-state index contributed by atoms with van der Waals surface area (Å²) in [5.74, 6) is 1.49. The Kier molecular flexibility index (Phi) is 8.15. The van der Waals surface area contributed by atoms with Crippen molar-refractivity contribution in [3.05, 3.63) is 34.8 Å². The highest BCUT2D eigenvalue weighted by atomic mass is 79.9. The van der Waals surface area contributed by atoms with Gasteiger partial charge in [0.25, 0.3) is 0 Å². The quantitative estimate of drug-likeness (QED) is 0.712. The van der Waals surface area contributed by atoms with Crippen molar-refractivity contribution in [3.63, 3.8) is 0 Å². The first-order valence-corrected chi connectivity index (χ1v) is 7.87. The lowest BCUT2D eigenvalue weighted by Crippen LogP contribution is -2.25. The summed E-state index contributed by atoms with van der Waals surface area (Å²) in [5, 5.41) is 3.61. The number of hydrogen-bond donors (Lipinski definition) is 1. The van der Waals surface area contributed by atoms with E-state index in [0.717, 1.165) is 22.5 Å². The van der Waals surface area contributed by atoms with Gasteiger partial charge in [0.05, 0.1) is 11.6 Å². The molecule has 0 radical (unpaired) electrons. The molecule has 0 saturated heterocycles. The van der Waals surface area contributed by atoms with E-state index in [2.05, 4.69) is 33.9 Å². The molecule has 0 heterocycles. The minimum atomic E-state index is 0. The fraction of sp³-hybridized carbons (Fsp3) is 0.500. The lowest BCUT2D eigenvalue weighted by molar-refractivity contribution is 0.324. The van der Waals surface area contributed by atoms with E-state index in [1.165, 1.54) is 31.2 Å². The molecule has 0 spiro atoms. The Morgan fingerprint density at radius 3 is 2.71 bits per heavy atom. The molecule has 0 unspecified atom stereocenters. The van der Waals surface area contributed by atoms with Crippen molar-refractivity contribution in [1.82, 2.24) is 5.32 Å². The number of nitrogens with one attached hydrogen (secondary N) is 1. The highest BCUT2D eigenvalue weighted by molar-refractivity contribution is 9.10. The number of benzene rings is 1. The molecular weight excluding hydrogens is 354 g/mol. The Labute approximate surface area is 141 Å². The predicted molar refractivity (Wildman–Crippen MR) is 92.7 cm³/mol. The van der Waals surface area contributed by atoms with Crippen LogP contribution >= 0.6 is 28.3 Å². The molecule has 1 aromatic carbocycles. The Bertz CT molecular complexity index is 462. The summed E-state index contributed by atoms with van der Waals surface area (Å²) in [6.07, 6.45) is 7.00. The summed E-state index contributed by atoms with van der Waals surface area (Å²) < 4.78 is 12.0. The molecule has 1 aliphatic carbocycles. The van der Waals surface area contributed by atoms with Crippen LogP contribution in [-0.2, 0) is 6.54 Å². The summed E-state index contributed by atoms with van der Waals surface area (Å²) >= 11 is 3.56. The largest absolute Gasteiger partial charge is 0.493 e. The van der Waals surface area contributed by atoms with Gasteiger partial charge in [-0.2, -0.15) is 0 Å². The second kappa shape index (κ2) is 9.34. The van der Waals surface area contributed by atoms with Gasteiger partial charge >= 0.3 is 0 Å². The van der Waals surface area contributed by atoms with Crippen LogP contribution in [0, 0.1) is 0 Å². The summed E-state index contributed by atoms with van der Waals surface area (Å²) in [6, 6.07) is 4.78. The molecule has 0 aromatic heterocycles. The molecule has 0 bridgehead atoms. The van der Waals surface area contributed by atoms with Gasteiger partial charge in [0.1, 0.15) is 6.61 Å². The third kappa shape index (κ3) is 5.20. The third-order valence-corrected chi connectivity index (χ3v) is 4.17. The zero-order chi connectivity index (χ0) is 14.4. The molecule has 1 aromatic rings. The number of ether oxygens (including phenoxy) is 2. The maximum atomic E-state index is 5.63. The van der Waals surface area contributed by atoms with Crippen LogP contribution in [0.15, 0.2) is 29.3 Å². The van der Waals surface area contributed by atoms with E-state index in [4.69, 9.17) is 9.47 Å². The van der Waals surface area contributed by atoms with Gasteiger partial charge in [-0.15, -0.1) is 12.4 Å². The minimum absolute atomic E-state index is 0. The van der Waals surface area contributed by atoms with Gasteiger partial charge in [0, 0.05) is 12.6 Å². The lowest BCUT2D eigenvalue weighted by Gasteiger charge is -2.15. The van der Waals surface area contributed by atoms with Crippen LogP contribution in [0.1, 0.15) is 31.2 Å². The molecule has 3 nitrogen and oxygen atoms in total. The molecule has 2 rings (SSSR count). The Hall–Kier alpha value is -0.710. The molecule has 0 atom stereocenters. The van der Waals surface area contributed by atoms with E-state index in [1.54, 1.807) is 13.2 Å². The zero-order valence-electron chi connectivity index (χ0n) is 12.4. The maximum absolute atomic E-state index is 5.63. The van der Waals surface area contributed by atoms with Crippen LogP contribution in [0.25, 0.3) is 0 Å². The van der Waals surface area contributed by atoms with E-state index in [9.17, 15) is 0 Å². The fourth-order valence-corrected chi connectivity index (χ4v) is 3.15. The van der Waals surface area contributed by atoms with Gasteiger partial charge in [-0.3, -0.25) is 0 Å². The smallest absolute Gasteiger partial charge is 0.175 e. The maximum Gasteiger partial charge on any atom is 0.175 e. The lowest BCUT2D eigenvalue weighted by atomic mass is 10.1. The summed E-state index contributed by atoms with van der Waals surface area (Å²) in [4.78, 5) is 0. The van der Waals surface area contributed by atoms with E-state index in [0.29, 0.717) is 12.6 Å². The van der Waals surface area contributed by atoms with Crippen LogP contribution in [-0.4, -0.2) is 19.8 Å². The molecular formula is C16H23BrClNO2. The Morgan fingerprint density at radius 2 is 2.10 bits per heavy atom. The molecule has 1 saturated carbocycles. The van der Waals surface area contributed by atoms with Gasteiger partial charge in [-0.05, 0) is 46.5 Å². The normalized spacial score (nSPS) is 14.6. The van der Waals surface area contributed by atoms with Gasteiger partial charge in [0.2, 0.25) is 0 Å². The topological polar surface area (TPSA) is 30.5 Å². The van der Waals surface area contributed by atoms with Crippen molar-refractivity contribution >= 4 is 28.3 Å². The van der Waals surface area contributed by atoms with E-state index in [-0.39, 0.29) is 12.4 Å². The summed E-state index contributed by atoms with van der Waals surface area (Å²) in [7, 11) is 1.66. The van der Waals surface area contributed by atoms with Crippen molar-refractivity contribution in [2.45, 2.75) is 38.3 Å². The van der Waals surface area contributed by atoms with Gasteiger partial charge in [-0.1, -0.05) is 25.5 Å². The first kappa shape index (κ1) is 18.3. The highest BCUT2D eigenvalue weighted by Gasteiger charge is 2.15. The minimum Gasteiger partial charge on any atom is -0.493 e. The van der Waals surface area contributed by atoms with Crippen molar-refractivity contribution < 1.29 is 9.47 Å². The highest BCUT2D eigenvalue weighted by Crippen LogP contribution is 2.36. The molecule has 21 heavy (non-hydrogen) atoms. The molecule has 0 aliphatic heterocycles. The molecule has 5 heteroatoms.